The smallest absolute Gasteiger partial charge is 0.269 e. The van der Waals surface area contributed by atoms with E-state index in [1.54, 1.807) is 30.5 Å². The first-order chi connectivity index (χ1) is 13.0. The number of nitrogens with zero attached hydrogens (tertiary/aromatic N) is 2. The zero-order chi connectivity index (χ0) is 19.2. The van der Waals surface area contributed by atoms with Crippen LogP contribution in [0.25, 0.3) is 0 Å². The predicted molar refractivity (Wildman–Crippen MR) is 108 cm³/mol. The molecule has 0 aromatic heterocycles. The fraction of sp³-hybridized carbons (Fsp3) is 0.0500. The lowest BCUT2D eigenvalue weighted by Gasteiger charge is -2.11. The van der Waals surface area contributed by atoms with Gasteiger partial charge in [-0.15, -0.1) is 0 Å². The van der Waals surface area contributed by atoms with Crippen LogP contribution in [0.15, 0.2) is 71.7 Å². The summed E-state index contributed by atoms with van der Waals surface area (Å²) >= 11 is 12.6. The van der Waals surface area contributed by atoms with Crippen molar-refractivity contribution in [2.24, 2.45) is 4.99 Å². The van der Waals surface area contributed by atoms with Crippen molar-refractivity contribution in [3.63, 3.8) is 0 Å². The predicted octanol–water partition coefficient (Wildman–Crippen LogP) is 6.23. The number of hydrogen-bond donors (Lipinski definition) is 0. The van der Waals surface area contributed by atoms with Crippen molar-refractivity contribution < 1.29 is 9.66 Å². The van der Waals surface area contributed by atoms with Crippen LogP contribution < -0.4 is 4.74 Å². The molecule has 0 heterocycles. The van der Waals surface area contributed by atoms with Crippen LogP contribution in [0.1, 0.15) is 11.1 Å². The molecule has 0 atom stereocenters. The summed E-state index contributed by atoms with van der Waals surface area (Å²) in [6.45, 7) is 0.358. The maximum Gasteiger partial charge on any atom is 0.269 e. The molecule has 0 unspecified atom stereocenters. The van der Waals surface area contributed by atoms with E-state index < -0.39 is 4.92 Å². The first kappa shape index (κ1) is 18.9. The molecular formula is C20H14Cl2N2O3. The highest BCUT2D eigenvalue weighted by molar-refractivity contribution is 6.37. The average molecular weight is 401 g/mol. The fourth-order valence-corrected chi connectivity index (χ4v) is 2.94. The molecule has 3 rings (SSSR count). The minimum absolute atomic E-state index is 0.0138. The zero-order valence-corrected chi connectivity index (χ0v) is 15.5. The van der Waals surface area contributed by atoms with E-state index in [-0.39, 0.29) is 5.69 Å². The Morgan fingerprint density at radius 2 is 1.63 bits per heavy atom. The van der Waals surface area contributed by atoms with E-state index >= 15 is 0 Å². The summed E-state index contributed by atoms with van der Waals surface area (Å²) in [7, 11) is 0. The molecule has 0 aliphatic rings. The zero-order valence-electron chi connectivity index (χ0n) is 14.0. The van der Waals surface area contributed by atoms with E-state index in [1.165, 1.54) is 12.1 Å². The highest BCUT2D eigenvalue weighted by Gasteiger charge is 2.10. The lowest BCUT2D eigenvalue weighted by Crippen LogP contribution is -1.97. The van der Waals surface area contributed by atoms with Gasteiger partial charge in [0.25, 0.3) is 5.69 Å². The lowest BCUT2D eigenvalue weighted by molar-refractivity contribution is -0.384. The van der Waals surface area contributed by atoms with E-state index in [9.17, 15) is 10.1 Å². The SMILES string of the molecule is O=[N+]([O-])c1ccc(N=Cc2cc(Cl)c(OCc3ccccc3)c(Cl)c2)cc1. The van der Waals surface area contributed by atoms with Crippen LogP contribution in [0.4, 0.5) is 11.4 Å². The number of rotatable bonds is 6. The Labute approximate surface area is 166 Å². The summed E-state index contributed by atoms with van der Waals surface area (Å²) in [5.74, 6) is 0.412. The number of halogens is 2. The van der Waals surface area contributed by atoms with Crippen molar-refractivity contribution >= 4 is 40.8 Å². The summed E-state index contributed by atoms with van der Waals surface area (Å²) < 4.78 is 5.73. The minimum Gasteiger partial charge on any atom is -0.486 e. The molecule has 0 saturated heterocycles. The van der Waals surface area contributed by atoms with Crippen molar-refractivity contribution in [1.82, 2.24) is 0 Å². The number of aliphatic imine (C=N–C) groups is 1. The van der Waals surface area contributed by atoms with Gasteiger partial charge in [-0.25, -0.2) is 0 Å². The number of ether oxygens (including phenoxy) is 1. The highest BCUT2D eigenvalue weighted by atomic mass is 35.5. The van der Waals surface area contributed by atoms with E-state index in [2.05, 4.69) is 4.99 Å². The molecule has 0 saturated carbocycles. The lowest BCUT2D eigenvalue weighted by atomic mass is 10.2. The molecular weight excluding hydrogens is 387 g/mol. The molecule has 0 N–H and O–H groups in total. The van der Waals surface area contributed by atoms with Crippen molar-refractivity contribution in [3.8, 4) is 5.75 Å². The van der Waals surface area contributed by atoms with Gasteiger partial charge < -0.3 is 4.74 Å². The van der Waals surface area contributed by atoms with Crippen molar-refractivity contribution in [2.75, 3.05) is 0 Å². The Kier molecular flexibility index (Phi) is 6.06. The molecule has 0 radical (unpaired) electrons. The maximum absolute atomic E-state index is 10.7. The van der Waals surface area contributed by atoms with E-state index in [0.29, 0.717) is 33.7 Å². The second-order valence-corrected chi connectivity index (χ2v) is 6.43. The van der Waals surface area contributed by atoms with Gasteiger partial charge in [-0.1, -0.05) is 53.5 Å². The van der Waals surface area contributed by atoms with Crippen molar-refractivity contribution in [3.05, 3.63) is 98.0 Å². The Balaban J connectivity index is 1.72. The van der Waals surface area contributed by atoms with E-state index in [0.717, 1.165) is 5.56 Å². The van der Waals surface area contributed by atoms with Gasteiger partial charge >= 0.3 is 0 Å². The second-order valence-electron chi connectivity index (χ2n) is 5.62. The number of hydrogen-bond acceptors (Lipinski definition) is 4. The van der Waals surface area contributed by atoms with Crippen LogP contribution >= 0.6 is 23.2 Å². The fourth-order valence-electron chi connectivity index (χ4n) is 2.33. The van der Waals surface area contributed by atoms with Crippen molar-refractivity contribution in [1.29, 1.82) is 0 Å². The van der Waals surface area contributed by atoms with Gasteiger partial charge in [-0.3, -0.25) is 15.1 Å². The Bertz CT molecular complexity index is 951. The van der Waals surface area contributed by atoms with Gasteiger partial charge in [0.2, 0.25) is 0 Å². The molecule has 3 aromatic carbocycles. The number of nitro benzene ring substituents is 1. The molecule has 5 nitrogen and oxygen atoms in total. The van der Waals surface area contributed by atoms with Crippen LogP contribution in [0.2, 0.25) is 10.0 Å². The van der Waals surface area contributed by atoms with Crippen LogP contribution in [-0.4, -0.2) is 11.1 Å². The van der Waals surface area contributed by atoms with Gasteiger partial charge in [0.1, 0.15) is 6.61 Å². The summed E-state index contributed by atoms with van der Waals surface area (Å²) in [4.78, 5) is 14.5. The quantitative estimate of drug-likeness (QED) is 0.279. The second kappa shape index (κ2) is 8.66. The summed E-state index contributed by atoms with van der Waals surface area (Å²) in [5.41, 5.74) is 2.29. The molecule has 3 aromatic rings. The van der Waals surface area contributed by atoms with Crippen molar-refractivity contribution in [2.45, 2.75) is 6.61 Å². The molecule has 0 spiro atoms. The Hall–Kier alpha value is -2.89. The summed E-state index contributed by atoms with van der Waals surface area (Å²) in [6, 6.07) is 19.0. The van der Waals surface area contributed by atoms with E-state index in [4.69, 9.17) is 27.9 Å². The standard InChI is InChI=1S/C20H14Cl2N2O3/c21-18-10-15(12-23-16-6-8-17(9-7-16)24(25)26)11-19(22)20(18)27-13-14-4-2-1-3-5-14/h1-12H,13H2. The molecule has 0 aliphatic carbocycles. The molecule has 27 heavy (non-hydrogen) atoms. The van der Waals surface area contributed by atoms with Gasteiger partial charge in [0, 0.05) is 18.3 Å². The van der Waals surface area contributed by atoms with Crippen LogP contribution in [0.5, 0.6) is 5.75 Å². The van der Waals surface area contributed by atoms with Gasteiger partial charge in [0.05, 0.1) is 20.7 Å². The molecule has 0 amide bonds. The first-order valence-electron chi connectivity index (χ1n) is 7.97. The molecule has 136 valence electrons. The molecule has 0 fully saturated rings. The monoisotopic (exact) mass is 400 g/mol. The normalized spacial score (nSPS) is 10.9. The van der Waals surface area contributed by atoms with Crippen LogP contribution in [0, 0.1) is 10.1 Å². The van der Waals surface area contributed by atoms with Crippen LogP contribution in [-0.2, 0) is 6.61 Å². The minimum atomic E-state index is -0.457. The number of nitro groups is 1. The third-order valence-electron chi connectivity index (χ3n) is 3.67. The third kappa shape index (κ3) is 5.06. The largest absolute Gasteiger partial charge is 0.486 e. The molecule has 0 bridgehead atoms. The maximum atomic E-state index is 10.7. The first-order valence-corrected chi connectivity index (χ1v) is 8.73. The highest BCUT2D eigenvalue weighted by Crippen LogP contribution is 2.34. The van der Waals surface area contributed by atoms with Gasteiger partial charge in [-0.2, -0.15) is 0 Å². The molecule has 7 heteroatoms. The van der Waals surface area contributed by atoms with Crippen LogP contribution in [0.3, 0.4) is 0 Å². The molecule has 0 aliphatic heterocycles. The van der Waals surface area contributed by atoms with Gasteiger partial charge in [0.15, 0.2) is 5.75 Å². The average Bonchev–Trinajstić information content (AvgIpc) is 2.67. The Morgan fingerprint density at radius 1 is 1.00 bits per heavy atom. The number of non-ortho nitro benzene ring substituents is 1. The topological polar surface area (TPSA) is 64.7 Å². The van der Waals surface area contributed by atoms with Gasteiger partial charge in [-0.05, 0) is 35.4 Å². The summed E-state index contributed by atoms with van der Waals surface area (Å²) in [6.07, 6.45) is 1.58. The Morgan fingerprint density at radius 3 is 2.22 bits per heavy atom. The third-order valence-corrected chi connectivity index (χ3v) is 4.23. The number of benzene rings is 3. The summed E-state index contributed by atoms with van der Waals surface area (Å²) in [5, 5.41) is 11.4. The van der Waals surface area contributed by atoms with E-state index in [1.807, 2.05) is 30.3 Å².